The van der Waals surface area contributed by atoms with Crippen LogP contribution in [0.15, 0.2) is 43.0 Å². The number of rotatable bonds is 5. The molecular weight excluding hydrogens is 363 g/mol. The summed E-state index contributed by atoms with van der Waals surface area (Å²) in [6.45, 7) is 3.70. The molecule has 1 atom stereocenters. The third-order valence-electron chi connectivity index (χ3n) is 4.88. The largest absolute Gasteiger partial charge is 0.573 e. The highest BCUT2D eigenvalue weighted by Crippen LogP contribution is 2.39. The van der Waals surface area contributed by atoms with Crippen molar-refractivity contribution in [2.75, 3.05) is 0 Å². The maximum absolute atomic E-state index is 14.4. The topological polar surface area (TPSA) is 9.23 Å². The molecule has 0 saturated heterocycles. The van der Waals surface area contributed by atoms with Crippen LogP contribution in [0, 0.1) is 11.6 Å². The van der Waals surface area contributed by atoms with Crippen molar-refractivity contribution < 1.29 is 26.7 Å². The molecule has 3 rings (SSSR count). The summed E-state index contributed by atoms with van der Waals surface area (Å²) in [5.41, 5.74) is 2.74. The van der Waals surface area contributed by atoms with Crippen LogP contribution in [0.25, 0.3) is 0 Å². The first kappa shape index (κ1) is 19.4. The Morgan fingerprint density at radius 2 is 1.85 bits per heavy atom. The fourth-order valence-corrected chi connectivity index (χ4v) is 3.55. The standard InChI is InChI=1S/C21H19F5O/c1-2-3-4-13-5-7-14(8-6-13)15-9-10-17-16(11-15)12-18(22)20(19(17)23)27-21(24,25)26/h2,5-8,12,15H,1,3-4,9-11H2. The van der Waals surface area contributed by atoms with Crippen LogP contribution in [0.1, 0.15) is 41.0 Å². The lowest BCUT2D eigenvalue weighted by Crippen LogP contribution is -2.21. The van der Waals surface area contributed by atoms with E-state index < -0.39 is 23.7 Å². The Bertz CT molecular complexity index is 824. The molecule has 0 bridgehead atoms. The summed E-state index contributed by atoms with van der Waals surface area (Å²) in [5, 5.41) is 0. The van der Waals surface area contributed by atoms with Crippen LogP contribution in [0.2, 0.25) is 0 Å². The van der Waals surface area contributed by atoms with Crippen LogP contribution in [-0.4, -0.2) is 6.36 Å². The van der Waals surface area contributed by atoms with Crippen molar-refractivity contribution in [2.45, 2.75) is 44.4 Å². The molecule has 0 radical (unpaired) electrons. The van der Waals surface area contributed by atoms with Gasteiger partial charge in [-0.05, 0) is 66.3 Å². The first-order valence-electron chi connectivity index (χ1n) is 8.73. The predicted molar refractivity (Wildman–Crippen MR) is 92.8 cm³/mol. The van der Waals surface area contributed by atoms with Gasteiger partial charge in [-0.25, -0.2) is 8.78 Å². The van der Waals surface area contributed by atoms with E-state index in [1.165, 1.54) is 5.56 Å². The first-order valence-corrected chi connectivity index (χ1v) is 8.73. The Kier molecular flexibility index (Phi) is 5.53. The Morgan fingerprint density at radius 1 is 1.15 bits per heavy atom. The highest BCUT2D eigenvalue weighted by molar-refractivity contribution is 5.42. The lowest BCUT2D eigenvalue weighted by Gasteiger charge is -2.26. The second-order valence-corrected chi connectivity index (χ2v) is 6.70. The number of hydrogen-bond acceptors (Lipinski definition) is 1. The van der Waals surface area contributed by atoms with Crippen molar-refractivity contribution in [3.63, 3.8) is 0 Å². The molecule has 0 aromatic heterocycles. The van der Waals surface area contributed by atoms with Gasteiger partial charge in [-0.2, -0.15) is 0 Å². The molecule has 1 aliphatic rings. The minimum absolute atomic E-state index is 0.0686. The smallest absolute Gasteiger partial charge is 0.399 e. The lowest BCUT2D eigenvalue weighted by atomic mass is 9.79. The minimum Gasteiger partial charge on any atom is -0.399 e. The summed E-state index contributed by atoms with van der Waals surface area (Å²) in [6.07, 6.45) is -0.313. The Labute approximate surface area is 154 Å². The molecule has 0 fully saturated rings. The number of hydrogen-bond donors (Lipinski definition) is 0. The van der Waals surface area contributed by atoms with E-state index >= 15 is 0 Å². The number of ether oxygens (including phenoxy) is 1. The monoisotopic (exact) mass is 382 g/mol. The molecule has 0 aliphatic heterocycles. The molecule has 0 spiro atoms. The van der Waals surface area contributed by atoms with E-state index in [0.29, 0.717) is 18.4 Å². The summed E-state index contributed by atoms with van der Waals surface area (Å²) < 4.78 is 69.0. The van der Waals surface area contributed by atoms with Crippen LogP contribution < -0.4 is 4.74 Å². The first-order chi connectivity index (χ1) is 12.8. The zero-order chi connectivity index (χ0) is 19.6. The molecule has 2 aromatic carbocycles. The second kappa shape index (κ2) is 7.71. The molecule has 1 aliphatic carbocycles. The molecule has 27 heavy (non-hydrogen) atoms. The lowest BCUT2D eigenvalue weighted by molar-refractivity contribution is -0.276. The molecule has 1 nitrogen and oxygen atoms in total. The third kappa shape index (κ3) is 4.49. The summed E-state index contributed by atoms with van der Waals surface area (Å²) in [7, 11) is 0. The molecule has 0 N–H and O–H groups in total. The number of halogens is 5. The van der Waals surface area contributed by atoms with Gasteiger partial charge in [0, 0.05) is 0 Å². The van der Waals surface area contributed by atoms with Crippen molar-refractivity contribution in [3.05, 3.63) is 76.9 Å². The van der Waals surface area contributed by atoms with Crippen LogP contribution in [-0.2, 0) is 19.3 Å². The van der Waals surface area contributed by atoms with Crippen LogP contribution in [0.4, 0.5) is 22.0 Å². The number of benzene rings is 2. The summed E-state index contributed by atoms with van der Waals surface area (Å²) >= 11 is 0. The average Bonchev–Trinajstić information content (AvgIpc) is 2.62. The number of allylic oxidation sites excluding steroid dienone is 1. The highest BCUT2D eigenvalue weighted by atomic mass is 19.4. The van der Waals surface area contributed by atoms with Crippen LogP contribution >= 0.6 is 0 Å². The van der Waals surface area contributed by atoms with Crippen LogP contribution in [0.5, 0.6) is 5.75 Å². The molecule has 1 unspecified atom stereocenters. The minimum atomic E-state index is -5.14. The van der Waals surface area contributed by atoms with Gasteiger partial charge in [0.15, 0.2) is 11.6 Å². The quantitative estimate of drug-likeness (QED) is 0.438. The van der Waals surface area contributed by atoms with Crippen molar-refractivity contribution in [3.8, 4) is 5.75 Å². The fraction of sp³-hybridized carbons (Fsp3) is 0.333. The summed E-state index contributed by atoms with van der Waals surface area (Å²) in [6, 6.07) is 9.01. The van der Waals surface area contributed by atoms with Gasteiger partial charge in [0.2, 0.25) is 5.75 Å². The zero-order valence-corrected chi connectivity index (χ0v) is 14.6. The van der Waals surface area contributed by atoms with E-state index in [1.807, 2.05) is 30.3 Å². The Morgan fingerprint density at radius 3 is 2.48 bits per heavy atom. The maximum atomic E-state index is 14.4. The van der Waals surface area contributed by atoms with Crippen molar-refractivity contribution in [1.29, 1.82) is 0 Å². The average molecular weight is 382 g/mol. The van der Waals surface area contributed by atoms with Crippen molar-refractivity contribution >= 4 is 0 Å². The van der Waals surface area contributed by atoms with Gasteiger partial charge in [-0.1, -0.05) is 30.3 Å². The van der Waals surface area contributed by atoms with Gasteiger partial charge in [0.25, 0.3) is 0 Å². The van der Waals surface area contributed by atoms with E-state index in [-0.39, 0.29) is 17.9 Å². The molecule has 2 aromatic rings. The van der Waals surface area contributed by atoms with Gasteiger partial charge in [-0.15, -0.1) is 19.8 Å². The van der Waals surface area contributed by atoms with Gasteiger partial charge in [-0.3, -0.25) is 0 Å². The highest BCUT2D eigenvalue weighted by Gasteiger charge is 2.36. The number of fused-ring (bicyclic) bond motifs is 1. The second-order valence-electron chi connectivity index (χ2n) is 6.70. The van der Waals surface area contributed by atoms with E-state index in [2.05, 4.69) is 11.3 Å². The number of alkyl halides is 3. The summed E-state index contributed by atoms with van der Waals surface area (Å²) in [5.74, 6) is -3.88. The maximum Gasteiger partial charge on any atom is 0.573 e. The van der Waals surface area contributed by atoms with Gasteiger partial charge >= 0.3 is 6.36 Å². The molecule has 0 saturated carbocycles. The van der Waals surface area contributed by atoms with Crippen LogP contribution in [0.3, 0.4) is 0 Å². The molecule has 0 heterocycles. The van der Waals surface area contributed by atoms with Gasteiger partial charge in [0.1, 0.15) is 0 Å². The SMILES string of the molecule is C=CCCc1ccc(C2CCc3c(cc(F)c(OC(F)(F)F)c3F)C2)cc1. The zero-order valence-electron chi connectivity index (χ0n) is 14.6. The third-order valence-corrected chi connectivity index (χ3v) is 4.88. The molecule has 144 valence electrons. The van der Waals surface area contributed by atoms with Crippen molar-refractivity contribution in [2.24, 2.45) is 0 Å². The Balaban J connectivity index is 1.81. The van der Waals surface area contributed by atoms with E-state index in [1.54, 1.807) is 0 Å². The number of aryl methyl sites for hydroxylation is 1. The van der Waals surface area contributed by atoms with E-state index in [0.717, 1.165) is 24.5 Å². The predicted octanol–water partition coefficient (Wildman–Crippen LogP) is 6.25. The summed E-state index contributed by atoms with van der Waals surface area (Å²) in [4.78, 5) is 0. The van der Waals surface area contributed by atoms with Gasteiger partial charge in [0.05, 0.1) is 0 Å². The van der Waals surface area contributed by atoms with E-state index in [4.69, 9.17) is 0 Å². The Hall–Kier alpha value is -2.37. The fourth-order valence-electron chi connectivity index (χ4n) is 3.55. The normalized spacial score (nSPS) is 16.7. The van der Waals surface area contributed by atoms with E-state index in [9.17, 15) is 22.0 Å². The molecule has 0 amide bonds. The van der Waals surface area contributed by atoms with Gasteiger partial charge < -0.3 is 4.74 Å². The molecule has 6 heteroatoms. The molecular formula is C21H19F5O. The van der Waals surface area contributed by atoms with Crippen molar-refractivity contribution in [1.82, 2.24) is 0 Å².